The number of amides is 1. The van der Waals surface area contributed by atoms with Crippen molar-refractivity contribution in [2.45, 2.75) is 37.8 Å². The van der Waals surface area contributed by atoms with Gasteiger partial charge in [-0.3, -0.25) is 9.69 Å². The third-order valence-corrected chi connectivity index (χ3v) is 4.50. The quantitative estimate of drug-likeness (QED) is 0.887. The van der Waals surface area contributed by atoms with Crippen LogP contribution in [0.25, 0.3) is 0 Å². The van der Waals surface area contributed by atoms with Crippen LogP contribution in [0.15, 0.2) is 22.8 Å². The van der Waals surface area contributed by atoms with Crippen LogP contribution in [0.5, 0.6) is 0 Å². The number of hydrogen-bond acceptors (Lipinski definition) is 4. The van der Waals surface area contributed by atoms with E-state index in [2.05, 4.69) is 4.90 Å². The average Bonchev–Trinajstić information content (AvgIpc) is 3.01. The number of aliphatic hydroxyl groups excluding tert-OH is 1. The molecule has 2 aliphatic rings. The average molecular weight is 278 g/mol. The van der Waals surface area contributed by atoms with E-state index in [0.29, 0.717) is 18.8 Å². The number of hydrogen-bond donors (Lipinski definition) is 1. The fourth-order valence-corrected chi connectivity index (χ4v) is 3.33. The summed E-state index contributed by atoms with van der Waals surface area (Å²) in [6.07, 6.45) is 5.66. The SMILES string of the molecule is O=C(c1ccco1)N1CCN(C2CCCCC2O)CC1. The molecule has 1 aromatic rings. The molecular weight excluding hydrogens is 256 g/mol. The predicted octanol–water partition coefficient (Wildman–Crippen LogP) is 1.34. The van der Waals surface area contributed by atoms with Gasteiger partial charge in [0.2, 0.25) is 0 Å². The lowest BCUT2D eigenvalue weighted by Gasteiger charge is -2.42. The van der Waals surface area contributed by atoms with Crippen molar-refractivity contribution in [3.63, 3.8) is 0 Å². The summed E-state index contributed by atoms with van der Waals surface area (Å²) in [5.74, 6) is 0.384. The highest BCUT2D eigenvalue weighted by atomic mass is 16.3. The molecule has 0 radical (unpaired) electrons. The maximum Gasteiger partial charge on any atom is 0.289 e. The van der Waals surface area contributed by atoms with Crippen molar-refractivity contribution >= 4 is 5.91 Å². The topological polar surface area (TPSA) is 56.9 Å². The molecule has 1 aliphatic heterocycles. The largest absolute Gasteiger partial charge is 0.459 e. The van der Waals surface area contributed by atoms with Crippen LogP contribution in [-0.4, -0.2) is 59.1 Å². The first-order valence-electron chi connectivity index (χ1n) is 7.50. The number of aliphatic hydroxyl groups is 1. The summed E-state index contributed by atoms with van der Waals surface area (Å²) in [6.45, 7) is 3.11. The molecule has 0 aromatic carbocycles. The van der Waals surface area contributed by atoms with Gasteiger partial charge >= 0.3 is 0 Å². The molecule has 2 fully saturated rings. The second kappa shape index (κ2) is 5.97. The Labute approximate surface area is 119 Å². The number of rotatable bonds is 2. The first-order chi connectivity index (χ1) is 9.75. The Morgan fingerprint density at radius 1 is 1.20 bits per heavy atom. The first-order valence-corrected chi connectivity index (χ1v) is 7.50. The molecule has 2 unspecified atom stereocenters. The molecule has 1 amide bonds. The van der Waals surface area contributed by atoms with Crippen LogP contribution in [0.4, 0.5) is 0 Å². The van der Waals surface area contributed by atoms with Crippen molar-refractivity contribution < 1.29 is 14.3 Å². The van der Waals surface area contributed by atoms with Crippen LogP contribution in [0.3, 0.4) is 0 Å². The van der Waals surface area contributed by atoms with E-state index >= 15 is 0 Å². The molecule has 1 aromatic heterocycles. The number of furan rings is 1. The van der Waals surface area contributed by atoms with E-state index in [1.54, 1.807) is 12.1 Å². The van der Waals surface area contributed by atoms with Gasteiger partial charge in [-0.05, 0) is 25.0 Å². The summed E-state index contributed by atoms with van der Waals surface area (Å²) < 4.78 is 5.16. The molecule has 3 rings (SSSR count). The molecule has 5 nitrogen and oxygen atoms in total. The van der Waals surface area contributed by atoms with Gasteiger partial charge in [-0.25, -0.2) is 0 Å². The summed E-state index contributed by atoms with van der Waals surface area (Å²) in [5, 5.41) is 10.1. The van der Waals surface area contributed by atoms with Crippen LogP contribution >= 0.6 is 0 Å². The molecule has 20 heavy (non-hydrogen) atoms. The van der Waals surface area contributed by atoms with E-state index in [-0.39, 0.29) is 18.1 Å². The molecule has 110 valence electrons. The van der Waals surface area contributed by atoms with E-state index in [0.717, 1.165) is 32.4 Å². The second-order valence-electron chi connectivity index (χ2n) is 5.72. The van der Waals surface area contributed by atoms with Crippen molar-refractivity contribution in [3.05, 3.63) is 24.2 Å². The first kappa shape index (κ1) is 13.6. The summed E-state index contributed by atoms with van der Waals surface area (Å²) in [4.78, 5) is 16.4. The van der Waals surface area contributed by atoms with Gasteiger partial charge in [0.1, 0.15) is 0 Å². The lowest BCUT2D eigenvalue weighted by molar-refractivity contribution is -0.00225. The summed E-state index contributed by atoms with van der Waals surface area (Å²) in [7, 11) is 0. The smallest absolute Gasteiger partial charge is 0.289 e. The molecule has 0 spiro atoms. The van der Waals surface area contributed by atoms with E-state index in [9.17, 15) is 9.90 Å². The van der Waals surface area contributed by atoms with Gasteiger partial charge in [0.05, 0.1) is 12.4 Å². The highest BCUT2D eigenvalue weighted by Gasteiger charge is 2.32. The van der Waals surface area contributed by atoms with E-state index in [1.807, 2.05) is 4.90 Å². The van der Waals surface area contributed by atoms with Gasteiger partial charge in [0.15, 0.2) is 5.76 Å². The summed E-state index contributed by atoms with van der Waals surface area (Å²) >= 11 is 0. The molecule has 2 atom stereocenters. The highest BCUT2D eigenvalue weighted by Crippen LogP contribution is 2.24. The fraction of sp³-hybridized carbons (Fsp3) is 0.667. The van der Waals surface area contributed by atoms with Crippen LogP contribution in [-0.2, 0) is 0 Å². The van der Waals surface area contributed by atoms with Crippen LogP contribution in [0.1, 0.15) is 36.2 Å². The van der Waals surface area contributed by atoms with Crippen molar-refractivity contribution in [3.8, 4) is 0 Å². The summed E-state index contributed by atoms with van der Waals surface area (Å²) in [5.41, 5.74) is 0. The third-order valence-electron chi connectivity index (χ3n) is 4.50. The lowest BCUT2D eigenvalue weighted by atomic mass is 9.91. The van der Waals surface area contributed by atoms with Gasteiger partial charge in [0.25, 0.3) is 5.91 Å². The minimum Gasteiger partial charge on any atom is -0.459 e. The Bertz CT molecular complexity index is 438. The van der Waals surface area contributed by atoms with E-state index in [4.69, 9.17) is 4.42 Å². The van der Waals surface area contributed by atoms with Gasteiger partial charge < -0.3 is 14.4 Å². The molecule has 2 heterocycles. The predicted molar refractivity (Wildman–Crippen MR) is 74.4 cm³/mol. The van der Waals surface area contributed by atoms with Gasteiger partial charge in [-0.15, -0.1) is 0 Å². The molecule has 1 saturated heterocycles. The molecule has 1 N–H and O–H groups in total. The Hall–Kier alpha value is -1.33. The zero-order valence-corrected chi connectivity index (χ0v) is 11.7. The minimum absolute atomic E-state index is 0.0288. The Morgan fingerprint density at radius 3 is 2.60 bits per heavy atom. The molecule has 5 heteroatoms. The van der Waals surface area contributed by atoms with Crippen molar-refractivity contribution in [1.82, 2.24) is 9.80 Å². The Kier molecular flexibility index (Phi) is 4.08. The van der Waals surface area contributed by atoms with Crippen molar-refractivity contribution in [2.24, 2.45) is 0 Å². The molecule has 0 bridgehead atoms. The molecule has 1 aliphatic carbocycles. The van der Waals surface area contributed by atoms with Gasteiger partial charge in [-0.2, -0.15) is 0 Å². The van der Waals surface area contributed by atoms with Crippen molar-refractivity contribution in [1.29, 1.82) is 0 Å². The number of carbonyl (C=O) groups excluding carboxylic acids is 1. The van der Waals surface area contributed by atoms with Gasteiger partial charge in [0, 0.05) is 32.2 Å². The number of carbonyl (C=O) groups is 1. The van der Waals surface area contributed by atoms with E-state index in [1.165, 1.54) is 12.7 Å². The third kappa shape index (κ3) is 2.74. The number of nitrogens with zero attached hydrogens (tertiary/aromatic N) is 2. The lowest BCUT2D eigenvalue weighted by Crippen LogP contribution is -2.55. The van der Waals surface area contributed by atoms with E-state index < -0.39 is 0 Å². The zero-order valence-electron chi connectivity index (χ0n) is 11.7. The van der Waals surface area contributed by atoms with Crippen molar-refractivity contribution in [2.75, 3.05) is 26.2 Å². The number of piperazine rings is 1. The second-order valence-corrected chi connectivity index (χ2v) is 5.72. The minimum atomic E-state index is -0.198. The monoisotopic (exact) mass is 278 g/mol. The van der Waals surface area contributed by atoms with Crippen LogP contribution in [0.2, 0.25) is 0 Å². The highest BCUT2D eigenvalue weighted by molar-refractivity contribution is 5.91. The summed E-state index contributed by atoms with van der Waals surface area (Å²) in [6, 6.07) is 3.73. The zero-order chi connectivity index (χ0) is 13.9. The standard InChI is InChI=1S/C15H22N2O3/c18-13-5-2-1-4-12(13)16-7-9-17(10-8-16)15(19)14-6-3-11-20-14/h3,6,11-13,18H,1-2,4-5,7-10H2. The van der Waals surface area contributed by atoms with Crippen LogP contribution < -0.4 is 0 Å². The molecular formula is C15H22N2O3. The molecule has 1 saturated carbocycles. The van der Waals surface area contributed by atoms with Crippen LogP contribution in [0, 0.1) is 0 Å². The Balaban J connectivity index is 1.55. The Morgan fingerprint density at radius 2 is 1.95 bits per heavy atom. The normalized spacial score (nSPS) is 28.6. The maximum atomic E-state index is 12.2. The fourth-order valence-electron chi connectivity index (χ4n) is 3.33. The van der Waals surface area contributed by atoms with Gasteiger partial charge in [-0.1, -0.05) is 12.8 Å². The maximum absolute atomic E-state index is 12.2.